The smallest absolute Gasteiger partial charge is 0.123 e. The van der Waals surface area contributed by atoms with Gasteiger partial charge < -0.3 is 5.32 Å². The Morgan fingerprint density at radius 2 is 1.68 bits per heavy atom. The Balaban J connectivity index is 2.11. The molecule has 0 radical (unpaired) electrons. The van der Waals surface area contributed by atoms with Gasteiger partial charge in [0.2, 0.25) is 0 Å². The van der Waals surface area contributed by atoms with Crippen LogP contribution in [0.15, 0.2) is 54.6 Å². The van der Waals surface area contributed by atoms with Gasteiger partial charge in [-0.15, -0.1) is 0 Å². The fraction of sp³-hybridized carbons (Fsp3) is 0.294. The number of hydrogen-bond donors (Lipinski definition) is 1. The first-order chi connectivity index (χ1) is 9.20. The monoisotopic (exact) mass is 257 g/mol. The first kappa shape index (κ1) is 13.8. The quantitative estimate of drug-likeness (QED) is 0.823. The lowest BCUT2D eigenvalue weighted by Gasteiger charge is -2.23. The van der Waals surface area contributed by atoms with Crippen molar-refractivity contribution in [3.05, 3.63) is 71.5 Å². The van der Waals surface area contributed by atoms with Crippen LogP contribution in [0.2, 0.25) is 0 Å². The van der Waals surface area contributed by atoms with Crippen molar-refractivity contribution in [2.75, 3.05) is 0 Å². The van der Waals surface area contributed by atoms with Crippen LogP contribution in [0.5, 0.6) is 0 Å². The molecular formula is C17H20FN. The maximum Gasteiger partial charge on any atom is 0.123 e. The van der Waals surface area contributed by atoms with Crippen molar-refractivity contribution in [2.45, 2.75) is 32.4 Å². The summed E-state index contributed by atoms with van der Waals surface area (Å²) >= 11 is 0. The first-order valence-electron chi connectivity index (χ1n) is 6.77. The Hall–Kier alpha value is -1.67. The third kappa shape index (κ3) is 3.65. The summed E-state index contributed by atoms with van der Waals surface area (Å²) in [5.74, 6) is -0.176. The van der Waals surface area contributed by atoms with Gasteiger partial charge in [-0.1, -0.05) is 49.4 Å². The highest BCUT2D eigenvalue weighted by Gasteiger charge is 2.13. The zero-order valence-corrected chi connectivity index (χ0v) is 11.4. The number of hydrogen-bond acceptors (Lipinski definition) is 1. The van der Waals surface area contributed by atoms with Crippen LogP contribution in [-0.4, -0.2) is 0 Å². The molecule has 0 aromatic heterocycles. The van der Waals surface area contributed by atoms with Crippen molar-refractivity contribution in [2.24, 2.45) is 0 Å². The Labute approximate surface area is 114 Å². The molecule has 0 heterocycles. The summed E-state index contributed by atoms with van der Waals surface area (Å²) in [6.45, 7) is 4.25. The maximum atomic E-state index is 13.3. The molecule has 0 aliphatic rings. The molecule has 2 rings (SSSR count). The summed E-state index contributed by atoms with van der Waals surface area (Å²) in [6, 6.07) is 17.6. The summed E-state index contributed by atoms with van der Waals surface area (Å²) in [5, 5.41) is 3.56. The van der Waals surface area contributed by atoms with E-state index in [1.54, 1.807) is 12.1 Å². The van der Waals surface area contributed by atoms with E-state index in [9.17, 15) is 4.39 Å². The van der Waals surface area contributed by atoms with Crippen LogP contribution in [-0.2, 0) is 0 Å². The SMILES string of the molecule is CCC(NC(C)c1ccccc1)c1cccc(F)c1. The van der Waals surface area contributed by atoms with Crippen LogP contribution < -0.4 is 5.32 Å². The van der Waals surface area contributed by atoms with E-state index in [0.29, 0.717) is 0 Å². The van der Waals surface area contributed by atoms with E-state index < -0.39 is 0 Å². The summed E-state index contributed by atoms with van der Waals surface area (Å²) in [4.78, 5) is 0. The molecule has 2 aromatic rings. The van der Waals surface area contributed by atoms with Crippen LogP contribution in [0.25, 0.3) is 0 Å². The average molecular weight is 257 g/mol. The van der Waals surface area contributed by atoms with Gasteiger partial charge in [0.15, 0.2) is 0 Å². The normalized spacial score (nSPS) is 14.1. The van der Waals surface area contributed by atoms with Gasteiger partial charge >= 0.3 is 0 Å². The summed E-state index contributed by atoms with van der Waals surface area (Å²) in [5.41, 5.74) is 2.25. The van der Waals surface area contributed by atoms with E-state index in [2.05, 4.69) is 31.3 Å². The Morgan fingerprint density at radius 3 is 2.32 bits per heavy atom. The van der Waals surface area contributed by atoms with Crippen molar-refractivity contribution >= 4 is 0 Å². The maximum absolute atomic E-state index is 13.3. The third-order valence-electron chi connectivity index (χ3n) is 3.41. The second kappa shape index (κ2) is 6.48. The highest BCUT2D eigenvalue weighted by molar-refractivity contribution is 5.22. The molecule has 0 bridgehead atoms. The Kier molecular flexibility index (Phi) is 4.69. The highest BCUT2D eigenvalue weighted by Crippen LogP contribution is 2.22. The zero-order chi connectivity index (χ0) is 13.7. The first-order valence-corrected chi connectivity index (χ1v) is 6.77. The standard InChI is InChI=1S/C17H20FN/c1-3-17(15-10-7-11-16(18)12-15)19-13(2)14-8-5-4-6-9-14/h4-13,17,19H,3H2,1-2H3. The largest absolute Gasteiger partial charge is 0.303 e. The van der Waals surface area contributed by atoms with Gasteiger partial charge in [-0.3, -0.25) is 0 Å². The molecule has 100 valence electrons. The fourth-order valence-electron chi connectivity index (χ4n) is 2.31. The Bertz CT molecular complexity index is 510. The van der Waals surface area contributed by atoms with E-state index in [0.717, 1.165) is 12.0 Å². The average Bonchev–Trinajstić information content (AvgIpc) is 2.45. The molecule has 0 amide bonds. The predicted octanol–water partition coefficient (Wildman–Crippen LogP) is 4.63. The topological polar surface area (TPSA) is 12.0 Å². The van der Waals surface area contributed by atoms with E-state index in [1.807, 2.05) is 24.3 Å². The van der Waals surface area contributed by atoms with Crippen LogP contribution in [0.3, 0.4) is 0 Å². The minimum atomic E-state index is -0.176. The van der Waals surface area contributed by atoms with E-state index >= 15 is 0 Å². The van der Waals surface area contributed by atoms with Gasteiger partial charge in [0, 0.05) is 12.1 Å². The molecule has 0 saturated carbocycles. The highest BCUT2D eigenvalue weighted by atomic mass is 19.1. The van der Waals surface area contributed by atoms with Gasteiger partial charge in [-0.25, -0.2) is 4.39 Å². The van der Waals surface area contributed by atoms with Crippen molar-refractivity contribution in [1.82, 2.24) is 5.32 Å². The predicted molar refractivity (Wildman–Crippen MR) is 77.4 cm³/mol. The second-order valence-corrected chi connectivity index (χ2v) is 4.81. The van der Waals surface area contributed by atoms with Crippen molar-refractivity contribution in [1.29, 1.82) is 0 Å². The molecule has 0 aliphatic carbocycles. The van der Waals surface area contributed by atoms with E-state index in [1.165, 1.54) is 11.6 Å². The lowest BCUT2D eigenvalue weighted by Crippen LogP contribution is -2.24. The molecule has 2 aromatic carbocycles. The molecule has 2 atom stereocenters. The zero-order valence-electron chi connectivity index (χ0n) is 11.4. The molecule has 0 spiro atoms. The van der Waals surface area contributed by atoms with Crippen molar-refractivity contribution in [3.63, 3.8) is 0 Å². The second-order valence-electron chi connectivity index (χ2n) is 4.81. The van der Waals surface area contributed by atoms with Crippen molar-refractivity contribution < 1.29 is 4.39 Å². The van der Waals surface area contributed by atoms with Crippen LogP contribution in [0.1, 0.15) is 43.5 Å². The van der Waals surface area contributed by atoms with Crippen LogP contribution in [0.4, 0.5) is 4.39 Å². The van der Waals surface area contributed by atoms with Gasteiger partial charge in [0.05, 0.1) is 0 Å². The van der Waals surface area contributed by atoms with E-state index in [-0.39, 0.29) is 17.9 Å². The van der Waals surface area contributed by atoms with Gasteiger partial charge in [-0.2, -0.15) is 0 Å². The number of benzene rings is 2. The van der Waals surface area contributed by atoms with Crippen LogP contribution in [0, 0.1) is 5.82 Å². The molecule has 2 heteroatoms. The number of rotatable bonds is 5. The molecule has 0 saturated heterocycles. The van der Waals surface area contributed by atoms with Gasteiger partial charge in [0.1, 0.15) is 5.82 Å². The molecule has 1 nitrogen and oxygen atoms in total. The summed E-state index contributed by atoms with van der Waals surface area (Å²) in [7, 11) is 0. The molecule has 19 heavy (non-hydrogen) atoms. The summed E-state index contributed by atoms with van der Waals surface area (Å²) < 4.78 is 13.3. The minimum absolute atomic E-state index is 0.172. The lowest BCUT2D eigenvalue weighted by molar-refractivity contribution is 0.454. The van der Waals surface area contributed by atoms with Gasteiger partial charge in [0.25, 0.3) is 0 Å². The molecule has 1 N–H and O–H groups in total. The van der Waals surface area contributed by atoms with Crippen molar-refractivity contribution in [3.8, 4) is 0 Å². The minimum Gasteiger partial charge on any atom is -0.303 e. The fourth-order valence-corrected chi connectivity index (χ4v) is 2.31. The molecule has 0 fully saturated rings. The molecule has 2 unspecified atom stereocenters. The Morgan fingerprint density at radius 1 is 1.00 bits per heavy atom. The van der Waals surface area contributed by atoms with E-state index in [4.69, 9.17) is 0 Å². The molecular weight excluding hydrogens is 237 g/mol. The summed E-state index contributed by atoms with van der Waals surface area (Å²) in [6.07, 6.45) is 0.931. The van der Waals surface area contributed by atoms with Crippen LogP contribution >= 0.6 is 0 Å². The molecule has 0 aliphatic heterocycles. The van der Waals surface area contributed by atoms with Gasteiger partial charge in [-0.05, 0) is 36.6 Å². The number of nitrogens with one attached hydrogen (secondary N) is 1. The number of halogens is 1. The lowest BCUT2D eigenvalue weighted by atomic mass is 10.0. The third-order valence-corrected chi connectivity index (χ3v) is 3.41.